The van der Waals surface area contributed by atoms with Crippen molar-refractivity contribution >= 4 is 23.0 Å². The third-order valence-corrected chi connectivity index (χ3v) is 4.37. The van der Waals surface area contributed by atoms with Gasteiger partial charge in [0.15, 0.2) is 11.5 Å². The number of anilines is 2. The zero-order valence-corrected chi connectivity index (χ0v) is 14.2. The molecule has 5 nitrogen and oxygen atoms in total. The number of para-hydroxylation sites is 1. The highest BCUT2D eigenvalue weighted by molar-refractivity contribution is 6.31. The maximum atomic E-state index is 12.3. The number of rotatable bonds is 3. The van der Waals surface area contributed by atoms with Gasteiger partial charge < -0.3 is 14.4 Å². The van der Waals surface area contributed by atoms with Crippen molar-refractivity contribution in [2.75, 3.05) is 11.5 Å². The van der Waals surface area contributed by atoms with E-state index in [1.165, 1.54) is 0 Å². The van der Waals surface area contributed by atoms with Gasteiger partial charge in [0.05, 0.1) is 18.8 Å². The van der Waals surface area contributed by atoms with Crippen molar-refractivity contribution in [3.05, 3.63) is 73.5 Å². The number of hydrogen-bond acceptors (Lipinski definition) is 5. The molecule has 0 spiro atoms. The van der Waals surface area contributed by atoms with Crippen LogP contribution in [0.3, 0.4) is 0 Å². The second kappa shape index (κ2) is 5.93. The van der Waals surface area contributed by atoms with Crippen LogP contribution >= 0.6 is 11.6 Å². The predicted molar refractivity (Wildman–Crippen MR) is 96.3 cm³/mol. The van der Waals surface area contributed by atoms with Gasteiger partial charge in [-0.05, 0) is 31.2 Å². The number of ether oxygens (including phenoxy) is 2. The molecule has 0 unspecified atom stereocenters. The van der Waals surface area contributed by atoms with E-state index in [4.69, 9.17) is 21.1 Å². The lowest BCUT2D eigenvalue weighted by molar-refractivity contribution is 0.333. The molecule has 0 saturated carbocycles. The summed E-state index contributed by atoms with van der Waals surface area (Å²) in [7, 11) is 0. The zero-order valence-electron chi connectivity index (χ0n) is 13.4. The van der Waals surface area contributed by atoms with Gasteiger partial charge in [0.25, 0.3) is 10.9 Å². The first kappa shape index (κ1) is 15.7. The summed E-state index contributed by atoms with van der Waals surface area (Å²) in [6.07, 6.45) is 0. The quantitative estimate of drug-likeness (QED) is 0.669. The zero-order chi connectivity index (χ0) is 17.6. The number of benzene rings is 2. The lowest BCUT2D eigenvalue weighted by Crippen LogP contribution is -2.39. The van der Waals surface area contributed by atoms with E-state index in [0.29, 0.717) is 35.4 Å². The second-order valence-corrected chi connectivity index (χ2v) is 6.11. The predicted octanol–water partition coefficient (Wildman–Crippen LogP) is 3.78. The van der Waals surface area contributed by atoms with Crippen molar-refractivity contribution < 1.29 is 9.47 Å². The molecule has 126 valence electrons. The number of halogens is 1. The smallest absolute Gasteiger partial charge is 0.272 e. The highest BCUT2D eigenvalue weighted by Gasteiger charge is 2.32. The lowest BCUT2D eigenvalue weighted by atomic mass is 10.1. The Labute approximate surface area is 148 Å². The summed E-state index contributed by atoms with van der Waals surface area (Å²) in [5, 5.41) is 0.509. The van der Waals surface area contributed by atoms with Gasteiger partial charge in [-0.3, -0.25) is 9.59 Å². The van der Waals surface area contributed by atoms with E-state index in [1.807, 2.05) is 24.3 Å². The monoisotopic (exact) mass is 355 g/mol. The lowest BCUT2D eigenvalue weighted by Gasteiger charge is -2.26. The maximum absolute atomic E-state index is 12.3. The van der Waals surface area contributed by atoms with E-state index in [2.05, 4.69) is 0 Å². The molecule has 0 radical (unpaired) electrons. The Morgan fingerprint density at radius 1 is 1.12 bits per heavy atom. The van der Waals surface area contributed by atoms with Gasteiger partial charge in [-0.25, -0.2) is 0 Å². The fraction of sp³-hybridized carbons (Fsp3) is 0.158. The molecule has 1 aliphatic heterocycles. The van der Waals surface area contributed by atoms with Crippen molar-refractivity contribution in [3.63, 3.8) is 0 Å². The third-order valence-electron chi connectivity index (χ3n) is 4.13. The topological polar surface area (TPSA) is 55.8 Å². The molecule has 4 rings (SSSR count). The Balaban J connectivity index is 1.93. The summed E-state index contributed by atoms with van der Waals surface area (Å²) >= 11 is 6.15. The van der Waals surface area contributed by atoms with Gasteiger partial charge >= 0.3 is 0 Å². The van der Waals surface area contributed by atoms with Gasteiger partial charge in [0.1, 0.15) is 11.4 Å². The molecule has 0 aromatic heterocycles. The summed E-state index contributed by atoms with van der Waals surface area (Å²) in [4.78, 5) is 25.9. The Bertz CT molecular complexity index is 1040. The Hall–Kier alpha value is -2.79. The number of nitrogens with zero attached hydrogens (tertiary/aromatic N) is 1. The molecule has 3 aromatic rings. The first-order valence-electron chi connectivity index (χ1n) is 7.89. The highest BCUT2D eigenvalue weighted by atomic mass is 35.5. The van der Waals surface area contributed by atoms with E-state index in [-0.39, 0.29) is 11.4 Å². The van der Waals surface area contributed by atoms with Crippen molar-refractivity contribution in [2.24, 2.45) is 0 Å². The summed E-state index contributed by atoms with van der Waals surface area (Å²) in [5.74, 6) is 1.35. The second-order valence-electron chi connectivity index (χ2n) is 5.68. The van der Waals surface area contributed by atoms with Crippen molar-refractivity contribution in [1.82, 2.24) is 0 Å². The molecule has 3 aromatic carbocycles. The van der Waals surface area contributed by atoms with Crippen LogP contribution in [0.5, 0.6) is 17.2 Å². The van der Waals surface area contributed by atoms with Crippen LogP contribution in [0, 0.1) is 0 Å². The third kappa shape index (κ3) is 2.48. The average Bonchev–Trinajstić information content (AvgIpc) is 2.77. The van der Waals surface area contributed by atoms with E-state index in [9.17, 15) is 9.59 Å². The van der Waals surface area contributed by atoms with Crippen LogP contribution in [-0.4, -0.2) is 6.61 Å². The normalized spacial score (nSPS) is 13.0. The van der Waals surface area contributed by atoms with Crippen molar-refractivity contribution in [3.8, 4) is 17.2 Å². The van der Waals surface area contributed by atoms with Crippen LogP contribution in [-0.2, 0) is 6.54 Å². The fourth-order valence-corrected chi connectivity index (χ4v) is 3.14. The molecule has 0 N–H and O–H groups in total. The summed E-state index contributed by atoms with van der Waals surface area (Å²) in [5.41, 5.74) is 0.602. The molecular formula is C19H14ClNO4. The summed E-state index contributed by atoms with van der Waals surface area (Å²) in [6.45, 7) is 2.45. The number of fused-ring (bicyclic) bond motifs is 2. The average molecular weight is 356 g/mol. The largest absolute Gasteiger partial charge is 0.488 e. The molecule has 1 aliphatic rings. The molecule has 0 amide bonds. The molecule has 0 fully saturated rings. The van der Waals surface area contributed by atoms with Gasteiger partial charge in [-0.1, -0.05) is 29.8 Å². The molecule has 0 saturated heterocycles. The van der Waals surface area contributed by atoms with Crippen LogP contribution in [0.15, 0.2) is 52.1 Å². The minimum absolute atomic E-state index is 0.0952. The van der Waals surface area contributed by atoms with Gasteiger partial charge in [-0.2, -0.15) is 0 Å². The highest BCUT2D eigenvalue weighted by Crippen LogP contribution is 2.44. The van der Waals surface area contributed by atoms with E-state index in [1.54, 1.807) is 30.0 Å². The molecule has 0 bridgehead atoms. The standard InChI is InChI=1S/C19H14ClNO4/c1-2-24-19-16(17(22)18(19)23)21-10-11-5-3-4-6-14(11)25-15-8-7-12(20)9-13(15)21/h3-9H,2,10H2,1H3. The van der Waals surface area contributed by atoms with Gasteiger partial charge in [-0.15, -0.1) is 0 Å². The van der Waals surface area contributed by atoms with Crippen LogP contribution < -0.4 is 25.2 Å². The number of hydrogen-bond donors (Lipinski definition) is 0. The maximum Gasteiger partial charge on any atom is 0.272 e. The first-order valence-corrected chi connectivity index (χ1v) is 8.27. The van der Waals surface area contributed by atoms with Crippen molar-refractivity contribution in [1.29, 1.82) is 0 Å². The minimum atomic E-state index is -0.598. The minimum Gasteiger partial charge on any atom is -0.488 e. The Morgan fingerprint density at radius 2 is 1.92 bits per heavy atom. The summed E-state index contributed by atoms with van der Waals surface area (Å²) in [6, 6.07) is 12.7. The van der Waals surface area contributed by atoms with Crippen LogP contribution in [0.1, 0.15) is 12.5 Å². The van der Waals surface area contributed by atoms with Crippen molar-refractivity contribution in [2.45, 2.75) is 13.5 Å². The van der Waals surface area contributed by atoms with E-state index >= 15 is 0 Å². The molecular weight excluding hydrogens is 342 g/mol. The van der Waals surface area contributed by atoms with Crippen LogP contribution in [0.2, 0.25) is 5.02 Å². The van der Waals surface area contributed by atoms with Gasteiger partial charge in [0.2, 0.25) is 0 Å². The Morgan fingerprint density at radius 3 is 2.72 bits per heavy atom. The Kier molecular flexibility index (Phi) is 3.73. The molecule has 0 atom stereocenters. The molecule has 25 heavy (non-hydrogen) atoms. The summed E-state index contributed by atoms with van der Waals surface area (Å²) < 4.78 is 11.4. The SMILES string of the molecule is CCOc1c(N2Cc3ccccc3Oc3ccc(Cl)cc32)c(=O)c1=O. The molecule has 0 aliphatic carbocycles. The van der Waals surface area contributed by atoms with E-state index < -0.39 is 10.9 Å². The van der Waals surface area contributed by atoms with Crippen LogP contribution in [0.4, 0.5) is 11.4 Å². The molecule has 1 heterocycles. The first-order chi connectivity index (χ1) is 12.1. The van der Waals surface area contributed by atoms with Gasteiger partial charge in [0, 0.05) is 10.6 Å². The fourth-order valence-electron chi connectivity index (χ4n) is 2.98. The van der Waals surface area contributed by atoms with Crippen LogP contribution in [0.25, 0.3) is 0 Å². The van der Waals surface area contributed by atoms with E-state index in [0.717, 1.165) is 5.56 Å². The molecule has 6 heteroatoms.